The largest absolute Gasteiger partial charge is 0.496 e. The maximum Gasteiger partial charge on any atom is 0.269 e. The van der Waals surface area contributed by atoms with E-state index in [1.165, 1.54) is 23.3 Å². The van der Waals surface area contributed by atoms with E-state index < -0.39 is 4.92 Å². The quantitative estimate of drug-likeness (QED) is 0.421. The molecule has 0 radical (unpaired) electrons. The molecule has 160 valence electrons. The second kappa shape index (κ2) is 9.89. The van der Waals surface area contributed by atoms with Crippen molar-refractivity contribution in [1.29, 1.82) is 0 Å². The Balaban J connectivity index is 1.60. The number of aryl methyl sites for hydroxylation is 2. The summed E-state index contributed by atoms with van der Waals surface area (Å²) in [6.07, 6.45) is 1.04. The summed E-state index contributed by atoms with van der Waals surface area (Å²) in [6, 6.07) is 18.3. The van der Waals surface area contributed by atoms with Crippen molar-refractivity contribution < 1.29 is 14.5 Å². The smallest absolute Gasteiger partial charge is 0.269 e. The van der Waals surface area contributed by atoms with Crippen molar-refractivity contribution >= 4 is 11.6 Å². The molecule has 0 unspecified atom stereocenters. The highest BCUT2D eigenvalue weighted by Gasteiger charge is 2.10. The summed E-state index contributed by atoms with van der Waals surface area (Å²) >= 11 is 0. The zero-order valence-electron chi connectivity index (χ0n) is 18.0. The van der Waals surface area contributed by atoms with Crippen molar-refractivity contribution in [3.8, 4) is 16.9 Å². The number of non-ortho nitro benzene ring substituents is 1. The molecule has 3 aromatic rings. The molecule has 3 aromatic carbocycles. The van der Waals surface area contributed by atoms with Crippen LogP contribution < -0.4 is 10.1 Å². The molecular formula is C25H26N2O4. The Morgan fingerprint density at radius 3 is 2.32 bits per heavy atom. The number of amides is 1. The number of benzene rings is 3. The first-order valence-corrected chi connectivity index (χ1v) is 10.1. The van der Waals surface area contributed by atoms with Crippen molar-refractivity contribution in [3.63, 3.8) is 0 Å². The first kappa shape index (κ1) is 22.0. The molecule has 1 amide bonds. The van der Waals surface area contributed by atoms with Crippen LogP contribution in [0.2, 0.25) is 0 Å². The highest BCUT2D eigenvalue weighted by Crippen LogP contribution is 2.32. The molecule has 0 heterocycles. The fourth-order valence-corrected chi connectivity index (χ4v) is 3.40. The number of methoxy groups -OCH3 is 1. The Bertz CT molecular complexity index is 1090. The van der Waals surface area contributed by atoms with E-state index in [1.807, 2.05) is 37.3 Å². The standard InChI is InChI=1S/C25H26N2O4/c1-17-4-5-20(14-18(17)2)16-25(28)26-13-12-19-6-11-23(24(15-19)31-3)21-7-9-22(10-8-21)27(29)30/h4-11,14-15H,12-13,16H2,1-3H3,(H,26,28). The van der Waals surface area contributed by atoms with Crippen LogP contribution in [0.4, 0.5) is 5.69 Å². The first-order chi connectivity index (χ1) is 14.9. The van der Waals surface area contributed by atoms with E-state index in [2.05, 4.69) is 18.3 Å². The van der Waals surface area contributed by atoms with Crippen molar-refractivity contribution in [3.05, 3.63) is 93.0 Å². The number of nitrogens with zero attached hydrogens (tertiary/aromatic N) is 1. The van der Waals surface area contributed by atoms with E-state index in [0.717, 1.165) is 22.3 Å². The Kier molecular flexibility index (Phi) is 7.03. The van der Waals surface area contributed by atoms with Gasteiger partial charge in [-0.1, -0.05) is 30.3 Å². The minimum Gasteiger partial charge on any atom is -0.496 e. The highest BCUT2D eigenvalue weighted by molar-refractivity contribution is 5.78. The Labute approximate surface area is 182 Å². The molecule has 0 aromatic heterocycles. The molecule has 0 saturated heterocycles. The van der Waals surface area contributed by atoms with Gasteiger partial charge < -0.3 is 10.1 Å². The van der Waals surface area contributed by atoms with Gasteiger partial charge in [-0.25, -0.2) is 0 Å². The van der Waals surface area contributed by atoms with Crippen LogP contribution in [0.15, 0.2) is 60.7 Å². The molecule has 6 nitrogen and oxygen atoms in total. The van der Waals surface area contributed by atoms with Crippen LogP contribution in [0.25, 0.3) is 11.1 Å². The van der Waals surface area contributed by atoms with Crippen LogP contribution in [0.3, 0.4) is 0 Å². The van der Waals surface area contributed by atoms with Crippen molar-refractivity contribution in [1.82, 2.24) is 5.32 Å². The van der Waals surface area contributed by atoms with Gasteiger partial charge in [0.2, 0.25) is 5.91 Å². The molecule has 0 saturated carbocycles. The maximum atomic E-state index is 12.3. The summed E-state index contributed by atoms with van der Waals surface area (Å²) in [5.41, 5.74) is 6.20. The Morgan fingerprint density at radius 1 is 0.968 bits per heavy atom. The molecular weight excluding hydrogens is 392 g/mol. The Hall–Kier alpha value is -3.67. The summed E-state index contributed by atoms with van der Waals surface area (Å²) in [7, 11) is 1.60. The lowest BCUT2D eigenvalue weighted by Crippen LogP contribution is -2.27. The molecule has 0 spiro atoms. The fourth-order valence-electron chi connectivity index (χ4n) is 3.40. The highest BCUT2D eigenvalue weighted by atomic mass is 16.6. The number of nitro benzene ring substituents is 1. The van der Waals surface area contributed by atoms with Crippen molar-refractivity contribution in [2.75, 3.05) is 13.7 Å². The lowest BCUT2D eigenvalue weighted by Gasteiger charge is -2.12. The van der Waals surface area contributed by atoms with Gasteiger partial charge in [0.05, 0.1) is 18.5 Å². The molecule has 3 rings (SSSR count). The van der Waals surface area contributed by atoms with Crippen LogP contribution >= 0.6 is 0 Å². The molecule has 6 heteroatoms. The molecule has 0 aliphatic heterocycles. The van der Waals surface area contributed by atoms with Gasteiger partial charge in [0.25, 0.3) is 5.69 Å². The number of rotatable bonds is 8. The Morgan fingerprint density at radius 2 is 1.68 bits per heavy atom. The monoisotopic (exact) mass is 418 g/mol. The SMILES string of the molecule is COc1cc(CCNC(=O)Cc2ccc(C)c(C)c2)ccc1-c1ccc([N+](=O)[O-])cc1. The first-order valence-electron chi connectivity index (χ1n) is 10.1. The molecule has 0 fully saturated rings. The van der Waals surface area contributed by atoms with E-state index in [4.69, 9.17) is 4.74 Å². The van der Waals surface area contributed by atoms with Gasteiger partial charge in [-0.3, -0.25) is 14.9 Å². The number of carbonyl (C=O) groups is 1. The molecule has 0 aliphatic carbocycles. The summed E-state index contributed by atoms with van der Waals surface area (Å²) < 4.78 is 5.52. The summed E-state index contributed by atoms with van der Waals surface area (Å²) in [6.45, 7) is 4.63. The predicted octanol–water partition coefficient (Wildman–Crippen LogP) is 4.79. The summed E-state index contributed by atoms with van der Waals surface area (Å²) in [5, 5.41) is 13.8. The number of ether oxygens (including phenoxy) is 1. The zero-order valence-corrected chi connectivity index (χ0v) is 18.0. The molecule has 31 heavy (non-hydrogen) atoms. The predicted molar refractivity (Wildman–Crippen MR) is 121 cm³/mol. The topological polar surface area (TPSA) is 81.5 Å². The normalized spacial score (nSPS) is 10.5. The minimum absolute atomic E-state index is 0.00211. The van der Waals surface area contributed by atoms with E-state index in [9.17, 15) is 14.9 Å². The number of nitro groups is 1. The van der Waals surface area contributed by atoms with Crippen LogP contribution in [0.1, 0.15) is 22.3 Å². The number of hydrogen-bond donors (Lipinski definition) is 1. The van der Waals surface area contributed by atoms with E-state index in [0.29, 0.717) is 25.1 Å². The fraction of sp³-hybridized carbons (Fsp3) is 0.240. The third-order valence-electron chi connectivity index (χ3n) is 5.33. The third-order valence-corrected chi connectivity index (χ3v) is 5.33. The van der Waals surface area contributed by atoms with Gasteiger partial charge in [0.1, 0.15) is 5.75 Å². The second-order valence-corrected chi connectivity index (χ2v) is 7.53. The van der Waals surface area contributed by atoms with Gasteiger partial charge >= 0.3 is 0 Å². The van der Waals surface area contributed by atoms with Gasteiger partial charge in [0.15, 0.2) is 0 Å². The van der Waals surface area contributed by atoms with Crippen LogP contribution in [-0.4, -0.2) is 24.5 Å². The number of carbonyl (C=O) groups excluding carboxylic acids is 1. The summed E-state index contributed by atoms with van der Waals surface area (Å²) in [5.74, 6) is 0.686. The minimum atomic E-state index is -0.418. The van der Waals surface area contributed by atoms with E-state index in [1.54, 1.807) is 19.2 Å². The number of nitrogens with one attached hydrogen (secondary N) is 1. The van der Waals surface area contributed by atoms with Gasteiger partial charge in [-0.05, 0) is 66.3 Å². The molecule has 1 N–H and O–H groups in total. The second-order valence-electron chi connectivity index (χ2n) is 7.53. The van der Waals surface area contributed by atoms with Crippen molar-refractivity contribution in [2.24, 2.45) is 0 Å². The van der Waals surface area contributed by atoms with E-state index in [-0.39, 0.29) is 11.6 Å². The average molecular weight is 418 g/mol. The summed E-state index contributed by atoms with van der Waals surface area (Å²) in [4.78, 5) is 22.7. The third kappa shape index (κ3) is 5.69. The van der Waals surface area contributed by atoms with Gasteiger partial charge in [0, 0.05) is 24.2 Å². The van der Waals surface area contributed by atoms with Crippen LogP contribution in [0, 0.1) is 24.0 Å². The lowest BCUT2D eigenvalue weighted by molar-refractivity contribution is -0.384. The van der Waals surface area contributed by atoms with Gasteiger partial charge in [-0.15, -0.1) is 0 Å². The average Bonchev–Trinajstić information content (AvgIpc) is 2.76. The van der Waals surface area contributed by atoms with Crippen LogP contribution in [0.5, 0.6) is 5.75 Å². The number of hydrogen-bond acceptors (Lipinski definition) is 4. The van der Waals surface area contributed by atoms with Crippen molar-refractivity contribution in [2.45, 2.75) is 26.7 Å². The van der Waals surface area contributed by atoms with E-state index >= 15 is 0 Å². The van der Waals surface area contributed by atoms with Crippen LogP contribution in [-0.2, 0) is 17.6 Å². The molecule has 0 bridgehead atoms. The molecule has 0 atom stereocenters. The zero-order chi connectivity index (χ0) is 22.4. The maximum absolute atomic E-state index is 12.3. The molecule has 0 aliphatic rings. The lowest BCUT2D eigenvalue weighted by atomic mass is 10.0. The van der Waals surface area contributed by atoms with Gasteiger partial charge in [-0.2, -0.15) is 0 Å².